The molecule has 0 spiro atoms. The monoisotopic (exact) mass is 537 g/mol. The standard InChI is InChI=1S/C30H32ClNO4S/c31-23-12-10-22(11-13-23)30(34)14-17-32(18-15-30)16-3-1-2-4-19-35-25-7-5-8-26-29(25)24(33)21-27(36-26)28-9-6-20-37-28/h5-13,20-21,34H,1-4,14-19H2. The SMILES string of the molecule is O=c1cc(-c2cccs2)oc2cccc(OCCCCCCN3CCC(O)(c4ccc(Cl)cc4)CC3)c12. The van der Waals surface area contributed by atoms with E-state index in [1.54, 1.807) is 17.4 Å². The van der Waals surface area contributed by atoms with Gasteiger partial charge in [0.1, 0.15) is 22.5 Å². The number of halogens is 1. The van der Waals surface area contributed by atoms with Crippen LogP contribution >= 0.6 is 22.9 Å². The molecule has 1 saturated heterocycles. The molecule has 37 heavy (non-hydrogen) atoms. The molecule has 3 heterocycles. The first-order chi connectivity index (χ1) is 18.0. The molecule has 2 aromatic heterocycles. The summed E-state index contributed by atoms with van der Waals surface area (Å²) in [6, 6.07) is 18.5. The van der Waals surface area contributed by atoms with Gasteiger partial charge in [0.05, 0.1) is 17.1 Å². The molecule has 0 atom stereocenters. The van der Waals surface area contributed by atoms with Crippen LogP contribution in [0.2, 0.25) is 5.02 Å². The molecule has 1 N–H and O–H groups in total. The lowest BCUT2D eigenvalue weighted by molar-refractivity contribution is -0.0261. The van der Waals surface area contributed by atoms with Crippen LogP contribution in [0.15, 0.2) is 75.3 Å². The lowest BCUT2D eigenvalue weighted by atomic mass is 9.84. The number of hydrogen-bond acceptors (Lipinski definition) is 6. The molecule has 194 valence electrons. The van der Waals surface area contributed by atoms with E-state index in [9.17, 15) is 9.90 Å². The molecule has 0 unspecified atom stereocenters. The van der Waals surface area contributed by atoms with Gasteiger partial charge in [-0.3, -0.25) is 4.79 Å². The number of hydrogen-bond donors (Lipinski definition) is 1. The van der Waals surface area contributed by atoms with E-state index >= 15 is 0 Å². The van der Waals surface area contributed by atoms with Gasteiger partial charge in [-0.05, 0) is 73.5 Å². The van der Waals surface area contributed by atoms with Gasteiger partial charge < -0.3 is 19.2 Å². The fourth-order valence-corrected chi connectivity index (χ4v) is 5.81. The van der Waals surface area contributed by atoms with Crippen LogP contribution in [0, 0.1) is 0 Å². The summed E-state index contributed by atoms with van der Waals surface area (Å²) in [7, 11) is 0. The normalized spacial score (nSPS) is 15.7. The Morgan fingerprint density at radius 1 is 1.00 bits per heavy atom. The highest BCUT2D eigenvalue weighted by molar-refractivity contribution is 7.13. The van der Waals surface area contributed by atoms with E-state index < -0.39 is 5.60 Å². The molecule has 2 aromatic carbocycles. The molecule has 1 aliphatic rings. The van der Waals surface area contributed by atoms with Gasteiger partial charge in [-0.2, -0.15) is 0 Å². The van der Waals surface area contributed by atoms with Crippen molar-refractivity contribution < 1.29 is 14.3 Å². The lowest BCUT2D eigenvalue weighted by Gasteiger charge is -2.38. The third kappa shape index (κ3) is 6.27. The van der Waals surface area contributed by atoms with E-state index in [1.165, 1.54) is 0 Å². The van der Waals surface area contributed by atoms with Crippen molar-refractivity contribution in [3.05, 3.63) is 86.9 Å². The molecule has 0 amide bonds. The Bertz CT molecular complexity index is 1360. The van der Waals surface area contributed by atoms with Crippen LogP contribution in [0.25, 0.3) is 21.6 Å². The first kappa shape index (κ1) is 26.0. The van der Waals surface area contributed by atoms with E-state index in [2.05, 4.69) is 4.90 Å². The Morgan fingerprint density at radius 2 is 1.78 bits per heavy atom. The summed E-state index contributed by atoms with van der Waals surface area (Å²) in [6.45, 7) is 3.43. The van der Waals surface area contributed by atoms with Gasteiger partial charge in [0.15, 0.2) is 5.43 Å². The van der Waals surface area contributed by atoms with Crippen LogP contribution in [0.4, 0.5) is 0 Å². The van der Waals surface area contributed by atoms with E-state index in [0.717, 1.165) is 68.6 Å². The van der Waals surface area contributed by atoms with Gasteiger partial charge in [0, 0.05) is 24.2 Å². The van der Waals surface area contributed by atoms with Crippen molar-refractivity contribution in [3.8, 4) is 16.4 Å². The van der Waals surface area contributed by atoms with Gasteiger partial charge in [-0.1, -0.05) is 48.7 Å². The second-order valence-corrected chi connectivity index (χ2v) is 11.1. The molecule has 7 heteroatoms. The van der Waals surface area contributed by atoms with E-state index in [0.29, 0.717) is 34.1 Å². The van der Waals surface area contributed by atoms with Gasteiger partial charge in [0.25, 0.3) is 0 Å². The number of benzene rings is 2. The lowest BCUT2D eigenvalue weighted by Crippen LogP contribution is -2.42. The zero-order valence-corrected chi connectivity index (χ0v) is 22.4. The topological polar surface area (TPSA) is 62.9 Å². The van der Waals surface area contributed by atoms with Crippen LogP contribution in [0.1, 0.15) is 44.1 Å². The predicted molar refractivity (Wildman–Crippen MR) is 151 cm³/mol. The summed E-state index contributed by atoms with van der Waals surface area (Å²) in [6.07, 6.45) is 5.76. The minimum absolute atomic E-state index is 0.0789. The zero-order valence-electron chi connectivity index (χ0n) is 20.8. The fraction of sp³-hybridized carbons (Fsp3) is 0.367. The highest BCUT2D eigenvalue weighted by Crippen LogP contribution is 2.33. The average molecular weight is 538 g/mol. The molecule has 0 aliphatic carbocycles. The molecule has 0 bridgehead atoms. The minimum atomic E-state index is -0.747. The number of aliphatic hydroxyl groups is 1. The number of rotatable bonds is 10. The van der Waals surface area contributed by atoms with Crippen LogP contribution < -0.4 is 10.2 Å². The van der Waals surface area contributed by atoms with E-state index in [4.69, 9.17) is 20.8 Å². The third-order valence-corrected chi connectivity index (χ3v) is 8.31. The third-order valence-electron chi connectivity index (χ3n) is 7.17. The first-order valence-corrected chi connectivity index (χ1v) is 14.2. The quantitative estimate of drug-likeness (QED) is 0.219. The van der Waals surface area contributed by atoms with Crippen molar-refractivity contribution in [1.29, 1.82) is 0 Å². The largest absolute Gasteiger partial charge is 0.493 e. The molecule has 5 nitrogen and oxygen atoms in total. The maximum absolute atomic E-state index is 12.8. The first-order valence-electron chi connectivity index (χ1n) is 13.0. The van der Waals surface area contributed by atoms with Crippen LogP contribution in [-0.2, 0) is 5.60 Å². The van der Waals surface area contributed by atoms with Crippen molar-refractivity contribution in [3.63, 3.8) is 0 Å². The summed E-state index contributed by atoms with van der Waals surface area (Å²) in [4.78, 5) is 16.2. The van der Waals surface area contributed by atoms with Gasteiger partial charge >= 0.3 is 0 Å². The number of fused-ring (bicyclic) bond motifs is 1. The van der Waals surface area contributed by atoms with Crippen molar-refractivity contribution in [2.75, 3.05) is 26.2 Å². The van der Waals surface area contributed by atoms with Gasteiger partial charge in [0.2, 0.25) is 0 Å². The molecule has 5 rings (SSSR count). The average Bonchev–Trinajstić information content (AvgIpc) is 3.45. The number of unbranched alkanes of at least 4 members (excludes halogenated alkanes) is 3. The summed E-state index contributed by atoms with van der Waals surface area (Å²) >= 11 is 7.54. The van der Waals surface area contributed by atoms with Gasteiger partial charge in [-0.15, -0.1) is 11.3 Å². The number of likely N-dealkylation sites (tertiary alicyclic amines) is 1. The highest BCUT2D eigenvalue weighted by Gasteiger charge is 2.33. The number of thiophene rings is 1. The number of ether oxygens (including phenoxy) is 1. The summed E-state index contributed by atoms with van der Waals surface area (Å²) in [5.41, 5.74) is 0.689. The van der Waals surface area contributed by atoms with Crippen LogP contribution in [0.3, 0.4) is 0 Å². The number of nitrogens with zero attached hydrogens (tertiary/aromatic N) is 1. The highest BCUT2D eigenvalue weighted by atomic mass is 35.5. The second kappa shape index (κ2) is 11.8. The Balaban J connectivity index is 1.03. The molecule has 0 saturated carbocycles. The van der Waals surface area contributed by atoms with Gasteiger partial charge in [-0.25, -0.2) is 0 Å². The van der Waals surface area contributed by atoms with Crippen molar-refractivity contribution in [1.82, 2.24) is 4.90 Å². The van der Waals surface area contributed by atoms with Crippen molar-refractivity contribution >= 4 is 33.9 Å². The molecule has 4 aromatic rings. The Kier molecular flexibility index (Phi) is 8.30. The minimum Gasteiger partial charge on any atom is -0.493 e. The molecule has 1 fully saturated rings. The van der Waals surface area contributed by atoms with Crippen LogP contribution in [0.5, 0.6) is 5.75 Å². The van der Waals surface area contributed by atoms with Crippen molar-refractivity contribution in [2.24, 2.45) is 0 Å². The summed E-state index contributed by atoms with van der Waals surface area (Å²) in [5.74, 6) is 1.18. The van der Waals surface area contributed by atoms with E-state index in [-0.39, 0.29) is 5.43 Å². The smallest absolute Gasteiger partial charge is 0.197 e. The second-order valence-electron chi connectivity index (χ2n) is 9.72. The van der Waals surface area contributed by atoms with Crippen LogP contribution in [-0.4, -0.2) is 36.2 Å². The maximum Gasteiger partial charge on any atom is 0.197 e. The molecule has 1 aliphatic heterocycles. The van der Waals surface area contributed by atoms with E-state index in [1.807, 2.05) is 60.0 Å². The maximum atomic E-state index is 12.8. The molecule has 0 radical (unpaired) electrons. The number of piperidine rings is 1. The molecular weight excluding hydrogens is 506 g/mol. The predicted octanol–water partition coefficient (Wildman–Crippen LogP) is 7.10. The Hall–Kier alpha value is -2.64. The Morgan fingerprint density at radius 3 is 2.54 bits per heavy atom. The molecular formula is C30H32ClNO4S. The van der Waals surface area contributed by atoms with Crippen molar-refractivity contribution in [2.45, 2.75) is 44.1 Å². The summed E-state index contributed by atoms with van der Waals surface area (Å²) < 4.78 is 12.0. The fourth-order valence-electron chi connectivity index (χ4n) is 5.01. The zero-order chi connectivity index (χ0) is 25.7. The Labute approximate surface area is 226 Å². The summed E-state index contributed by atoms with van der Waals surface area (Å²) in [5, 5.41) is 14.2.